The first-order valence-electron chi connectivity index (χ1n) is 3.05. The molecule has 0 aromatic carbocycles. The van der Waals surface area contributed by atoms with Crippen molar-refractivity contribution >= 4 is 12.3 Å². The Kier molecular flexibility index (Phi) is 7.15. The van der Waals surface area contributed by atoms with Gasteiger partial charge in [0.15, 0.2) is 0 Å². The summed E-state index contributed by atoms with van der Waals surface area (Å²) in [4.78, 5) is 19.1. The van der Waals surface area contributed by atoms with E-state index in [0.29, 0.717) is 0 Å². The lowest BCUT2D eigenvalue weighted by molar-refractivity contribution is -0.174. The van der Waals surface area contributed by atoms with Crippen LogP contribution in [0.2, 0.25) is 0 Å². The van der Waals surface area contributed by atoms with Gasteiger partial charge in [0, 0.05) is 0 Å². The highest BCUT2D eigenvalue weighted by Gasteiger charge is 2.38. The minimum atomic E-state index is -4.96. The summed E-state index contributed by atoms with van der Waals surface area (Å²) in [5.41, 5.74) is 2.44. The van der Waals surface area contributed by atoms with Gasteiger partial charge in [-0.3, -0.25) is 20.4 Å². The van der Waals surface area contributed by atoms with Gasteiger partial charge >= 0.3 is 12.1 Å². The molecule has 0 bridgehead atoms. The molecule has 0 radical (unpaired) electrons. The van der Waals surface area contributed by atoms with Crippen LogP contribution in [0.15, 0.2) is 0 Å². The van der Waals surface area contributed by atoms with Crippen molar-refractivity contribution in [2.24, 2.45) is 0 Å². The van der Waals surface area contributed by atoms with Crippen LogP contribution in [0.4, 0.5) is 13.2 Å². The lowest BCUT2D eigenvalue weighted by Crippen LogP contribution is -2.44. The van der Waals surface area contributed by atoms with Crippen LogP contribution in [0.25, 0.3) is 0 Å². The third kappa shape index (κ3) is 6.84. The van der Waals surface area contributed by atoms with Gasteiger partial charge in [0.25, 0.3) is 0 Å². The summed E-state index contributed by atoms with van der Waals surface area (Å²) in [5.74, 6) is -2.21. The maximum Gasteiger partial charge on any atom is 0.472 e. The SMILES string of the molecule is CC.O=CNNC(=O)C(F)(F)F. The first-order chi connectivity index (χ1) is 5.48. The van der Waals surface area contributed by atoms with Crippen LogP contribution in [-0.4, -0.2) is 18.5 Å². The predicted molar refractivity (Wildman–Crippen MR) is 34.7 cm³/mol. The molecule has 4 nitrogen and oxygen atoms in total. The van der Waals surface area contributed by atoms with Gasteiger partial charge in [-0.15, -0.1) is 0 Å². The van der Waals surface area contributed by atoms with Crippen molar-refractivity contribution in [1.29, 1.82) is 0 Å². The summed E-state index contributed by atoms with van der Waals surface area (Å²) in [6.07, 6.45) is -5.04. The van der Waals surface area contributed by atoms with E-state index in [9.17, 15) is 22.8 Å². The lowest BCUT2D eigenvalue weighted by atomic mass is 10.6. The minimum absolute atomic E-state index is 0.0797. The maximum absolute atomic E-state index is 11.2. The molecule has 0 aliphatic rings. The number of rotatable bonds is 2. The zero-order valence-corrected chi connectivity index (χ0v) is 6.53. The van der Waals surface area contributed by atoms with E-state index in [1.807, 2.05) is 13.8 Å². The third-order valence-corrected chi connectivity index (χ3v) is 0.502. The second-order valence-electron chi connectivity index (χ2n) is 1.21. The Morgan fingerprint density at radius 3 is 2.00 bits per heavy atom. The van der Waals surface area contributed by atoms with Crippen LogP contribution in [0.1, 0.15) is 13.8 Å². The Hall–Kier alpha value is -1.27. The van der Waals surface area contributed by atoms with Gasteiger partial charge in [0.2, 0.25) is 6.41 Å². The fraction of sp³-hybridized carbons (Fsp3) is 0.600. The fourth-order valence-electron chi connectivity index (χ4n) is 0.166. The highest BCUT2D eigenvalue weighted by molar-refractivity contribution is 5.82. The zero-order valence-electron chi connectivity index (χ0n) is 6.53. The quantitative estimate of drug-likeness (QED) is 0.483. The normalized spacial score (nSPS) is 9.08. The Morgan fingerprint density at radius 1 is 1.33 bits per heavy atom. The van der Waals surface area contributed by atoms with Crippen LogP contribution in [-0.2, 0) is 9.59 Å². The molecule has 0 aromatic heterocycles. The largest absolute Gasteiger partial charge is 0.472 e. The summed E-state index contributed by atoms with van der Waals surface area (Å²) in [6, 6.07) is 0. The van der Waals surface area contributed by atoms with Gasteiger partial charge in [0.05, 0.1) is 0 Å². The van der Waals surface area contributed by atoms with Gasteiger partial charge < -0.3 is 0 Å². The van der Waals surface area contributed by atoms with Crippen LogP contribution in [0, 0.1) is 0 Å². The van der Waals surface area contributed by atoms with E-state index in [1.54, 1.807) is 0 Å². The number of hydrogen-bond donors (Lipinski definition) is 2. The van der Waals surface area contributed by atoms with Crippen molar-refractivity contribution in [2.45, 2.75) is 20.0 Å². The molecule has 0 spiro atoms. The van der Waals surface area contributed by atoms with E-state index < -0.39 is 12.1 Å². The molecule has 0 unspecified atom stereocenters. The molecule has 0 heterocycles. The summed E-state index contributed by atoms with van der Waals surface area (Å²) < 4.78 is 33.6. The van der Waals surface area contributed by atoms with Gasteiger partial charge in [-0.05, 0) is 0 Å². The first kappa shape index (κ1) is 13.3. The van der Waals surface area contributed by atoms with Crippen LogP contribution in [0.5, 0.6) is 0 Å². The van der Waals surface area contributed by atoms with Crippen molar-refractivity contribution < 1.29 is 22.8 Å². The van der Waals surface area contributed by atoms with Crippen LogP contribution >= 0.6 is 0 Å². The number of amides is 2. The second-order valence-corrected chi connectivity index (χ2v) is 1.21. The van der Waals surface area contributed by atoms with Crippen LogP contribution < -0.4 is 10.9 Å². The standard InChI is InChI=1S/C3H3F3N2O2.C2H6/c4-3(5,6)2(10)8-7-1-9;1-2/h1H,(H,7,9)(H,8,10);1-2H3. The lowest BCUT2D eigenvalue weighted by Gasteiger charge is -2.04. The second kappa shape index (κ2) is 6.44. The monoisotopic (exact) mass is 186 g/mol. The highest BCUT2D eigenvalue weighted by atomic mass is 19.4. The topological polar surface area (TPSA) is 58.2 Å². The van der Waals surface area contributed by atoms with Crippen molar-refractivity contribution in [3.8, 4) is 0 Å². The molecule has 0 aliphatic carbocycles. The molecular weight excluding hydrogens is 177 g/mol. The van der Waals surface area contributed by atoms with Crippen molar-refractivity contribution in [3.05, 3.63) is 0 Å². The number of carbonyl (C=O) groups excluding carboxylic acids is 2. The molecule has 12 heavy (non-hydrogen) atoms. The van der Waals surface area contributed by atoms with E-state index >= 15 is 0 Å². The summed E-state index contributed by atoms with van der Waals surface area (Å²) >= 11 is 0. The number of nitrogens with one attached hydrogen (secondary N) is 2. The molecule has 0 fully saturated rings. The minimum Gasteiger partial charge on any atom is -0.277 e. The third-order valence-electron chi connectivity index (χ3n) is 0.502. The van der Waals surface area contributed by atoms with Crippen LogP contribution in [0.3, 0.4) is 0 Å². The molecule has 72 valence electrons. The van der Waals surface area contributed by atoms with Gasteiger partial charge in [-0.25, -0.2) is 0 Å². The average molecular weight is 186 g/mol. The number of hydrogen-bond acceptors (Lipinski definition) is 2. The smallest absolute Gasteiger partial charge is 0.277 e. The molecule has 0 rings (SSSR count). The molecule has 0 saturated heterocycles. The molecule has 0 aromatic rings. The maximum atomic E-state index is 11.2. The molecule has 0 aliphatic heterocycles. The molecular formula is C5H9F3N2O2. The summed E-state index contributed by atoms with van der Waals surface area (Å²) in [6.45, 7) is 4.00. The Bertz CT molecular complexity index is 146. The van der Waals surface area contributed by atoms with Gasteiger partial charge in [-0.2, -0.15) is 13.2 Å². The van der Waals surface area contributed by atoms with Crippen molar-refractivity contribution in [2.75, 3.05) is 0 Å². The molecule has 2 N–H and O–H groups in total. The molecule has 7 heteroatoms. The van der Waals surface area contributed by atoms with E-state index in [4.69, 9.17) is 0 Å². The summed E-state index contributed by atoms with van der Waals surface area (Å²) in [7, 11) is 0. The van der Waals surface area contributed by atoms with E-state index in [2.05, 4.69) is 0 Å². The number of carbonyl (C=O) groups is 2. The predicted octanol–water partition coefficient (Wildman–Crippen LogP) is 0.352. The number of hydrazine groups is 1. The van der Waals surface area contributed by atoms with E-state index in [-0.39, 0.29) is 6.41 Å². The number of halogens is 3. The molecule has 0 atom stereocenters. The highest BCUT2D eigenvalue weighted by Crippen LogP contribution is 2.13. The Balaban J connectivity index is 0. The van der Waals surface area contributed by atoms with Crippen molar-refractivity contribution in [1.82, 2.24) is 10.9 Å². The first-order valence-corrected chi connectivity index (χ1v) is 3.05. The van der Waals surface area contributed by atoms with E-state index in [0.717, 1.165) is 5.43 Å². The average Bonchev–Trinajstić information content (AvgIpc) is 2.02. The summed E-state index contributed by atoms with van der Waals surface area (Å²) in [5, 5.41) is 0. The van der Waals surface area contributed by atoms with Gasteiger partial charge in [0.1, 0.15) is 0 Å². The van der Waals surface area contributed by atoms with Gasteiger partial charge in [-0.1, -0.05) is 13.8 Å². The fourth-order valence-corrected chi connectivity index (χ4v) is 0.166. The Morgan fingerprint density at radius 2 is 1.75 bits per heavy atom. The molecule has 0 saturated carbocycles. The zero-order chi connectivity index (χ0) is 10.2. The molecule has 2 amide bonds. The van der Waals surface area contributed by atoms with E-state index in [1.165, 1.54) is 5.43 Å². The Labute approximate surface area is 67.1 Å². The number of alkyl halides is 3. The van der Waals surface area contributed by atoms with Crippen molar-refractivity contribution in [3.63, 3.8) is 0 Å².